The molecule has 19 heavy (non-hydrogen) atoms. The molecule has 1 fully saturated rings. The normalized spacial score (nSPS) is 19.3. The second-order valence-electron chi connectivity index (χ2n) is 4.88. The van der Waals surface area contributed by atoms with E-state index in [2.05, 4.69) is 0 Å². The Balaban J connectivity index is 2.15. The summed E-state index contributed by atoms with van der Waals surface area (Å²) in [5, 5.41) is 9.89. The number of carbonyl (C=O) groups excluding carboxylic acids is 1. The number of amides is 1. The zero-order valence-electron chi connectivity index (χ0n) is 11.1. The first kappa shape index (κ1) is 13.7. The summed E-state index contributed by atoms with van der Waals surface area (Å²) in [5.74, 6) is 0.711. The van der Waals surface area contributed by atoms with Gasteiger partial charge in [0.05, 0.1) is 12.7 Å². The number of hydrogen-bond acceptors (Lipinski definition) is 4. The van der Waals surface area contributed by atoms with Crippen LogP contribution in [0.25, 0.3) is 0 Å². The topological polar surface area (TPSA) is 75.8 Å². The lowest BCUT2D eigenvalue weighted by atomic mass is 9.97. The van der Waals surface area contributed by atoms with Crippen molar-refractivity contribution in [3.63, 3.8) is 0 Å². The molecule has 0 aromatic heterocycles. The summed E-state index contributed by atoms with van der Waals surface area (Å²) in [5.41, 5.74) is 5.99. The molecule has 3 N–H and O–H groups in total. The molecular formula is C14H20N2O3. The summed E-state index contributed by atoms with van der Waals surface area (Å²) >= 11 is 0. The van der Waals surface area contributed by atoms with Crippen molar-refractivity contribution in [2.24, 2.45) is 11.7 Å². The van der Waals surface area contributed by atoms with Crippen LogP contribution in [0.4, 0.5) is 0 Å². The van der Waals surface area contributed by atoms with Gasteiger partial charge in [0, 0.05) is 19.2 Å². The molecular weight excluding hydrogens is 244 g/mol. The third-order valence-electron chi connectivity index (χ3n) is 3.57. The predicted molar refractivity (Wildman–Crippen MR) is 72.3 cm³/mol. The van der Waals surface area contributed by atoms with Crippen molar-refractivity contribution in [2.75, 3.05) is 26.7 Å². The summed E-state index contributed by atoms with van der Waals surface area (Å²) in [6, 6.07) is 4.73. The van der Waals surface area contributed by atoms with Crippen molar-refractivity contribution >= 4 is 5.91 Å². The number of benzene rings is 1. The molecule has 1 aliphatic heterocycles. The number of ether oxygens (including phenoxy) is 1. The maximum Gasteiger partial charge on any atom is 0.257 e. The van der Waals surface area contributed by atoms with E-state index >= 15 is 0 Å². The zero-order chi connectivity index (χ0) is 13.8. The van der Waals surface area contributed by atoms with Crippen molar-refractivity contribution in [3.8, 4) is 11.5 Å². The van der Waals surface area contributed by atoms with E-state index in [1.165, 1.54) is 13.2 Å². The Labute approximate surface area is 113 Å². The summed E-state index contributed by atoms with van der Waals surface area (Å²) in [6.07, 6.45) is 2.03. The van der Waals surface area contributed by atoms with Crippen molar-refractivity contribution in [3.05, 3.63) is 23.8 Å². The second kappa shape index (κ2) is 5.93. The largest absolute Gasteiger partial charge is 0.507 e. The molecule has 1 unspecified atom stereocenters. The lowest BCUT2D eigenvalue weighted by Gasteiger charge is -2.32. The Bertz CT molecular complexity index is 462. The minimum atomic E-state index is -0.140. The highest BCUT2D eigenvalue weighted by molar-refractivity contribution is 5.97. The van der Waals surface area contributed by atoms with Crippen LogP contribution in [-0.2, 0) is 0 Å². The molecule has 1 aliphatic rings. The molecule has 1 heterocycles. The summed E-state index contributed by atoms with van der Waals surface area (Å²) in [7, 11) is 1.52. The Morgan fingerprint density at radius 2 is 2.37 bits per heavy atom. The van der Waals surface area contributed by atoms with Crippen LogP contribution in [0.2, 0.25) is 0 Å². The third kappa shape index (κ3) is 2.98. The van der Waals surface area contributed by atoms with Crippen LogP contribution < -0.4 is 10.5 Å². The third-order valence-corrected chi connectivity index (χ3v) is 3.57. The highest BCUT2D eigenvalue weighted by atomic mass is 16.5. The van der Waals surface area contributed by atoms with Crippen molar-refractivity contribution in [2.45, 2.75) is 12.8 Å². The number of phenolic OH excluding ortho intramolecular Hbond substituents is 1. The van der Waals surface area contributed by atoms with Crippen LogP contribution in [0.3, 0.4) is 0 Å². The van der Waals surface area contributed by atoms with E-state index in [9.17, 15) is 9.90 Å². The molecule has 104 valence electrons. The summed E-state index contributed by atoms with van der Waals surface area (Å²) in [6.45, 7) is 1.99. The first-order valence-corrected chi connectivity index (χ1v) is 6.52. The van der Waals surface area contributed by atoms with E-state index < -0.39 is 0 Å². The van der Waals surface area contributed by atoms with Gasteiger partial charge in [-0.1, -0.05) is 0 Å². The fraction of sp³-hybridized carbons (Fsp3) is 0.500. The number of carbonyl (C=O) groups is 1. The van der Waals surface area contributed by atoms with Gasteiger partial charge in [0.15, 0.2) is 0 Å². The van der Waals surface area contributed by atoms with Gasteiger partial charge in [-0.15, -0.1) is 0 Å². The lowest BCUT2D eigenvalue weighted by molar-refractivity contribution is 0.0675. The maximum atomic E-state index is 12.4. The van der Waals surface area contributed by atoms with E-state index in [0.717, 1.165) is 19.4 Å². The molecule has 5 nitrogen and oxygen atoms in total. The minimum Gasteiger partial charge on any atom is -0.507 e. The number of nitrogens with zero attached hydrogens (tertiary/aromatic N) is 1. The molecule has 1 aromatic carbocycles. The number of methoxy groups -OCH3 is 1. The molecule has 1 saturated heterocycles. The lowest BCUT2D eigenvalue weighted by Crippen LogP contribution is -2.42. The number of piperidine rings is 1. The standard InChI is InChI=1S/C14H20N2O3/c1-19-11-4-5-12(13(17)7-11)14(18)16-6-2-3-10(8-15)9-16/h4-5,7,10,17H,2-3,6,8-9,15H2,1H3. The van der Waals surface area contributed by atoms with Gasteiger partial charge >= 0.3 is 0 Å². The van der Waals surface area contributed by atoms with E-state index in [1.807, 2.05) is 0 Å². The monoisotopic (exact) mass is 264 g/mol. The Kier molecular flexibility index (Phi) is 4.27. The van der Waals surface area contributed by atoms with Crippen LogP contribution >= 0.6 is 0 Å². The van der Waals surface area contributed by atoms with Gasteiger partial charge in [-0.2, -0.15) is 0 Å². The van der Waals surface area contributed by atoms with Crippen LogP contribution in [0.15, 0.2) is 18.2 Å². The quantitative estimate of drug-likeness (QED) is 0.860. The van der Waals surface area contributed by atoms with E-state index in [0.29, 0.717) is 30.3 Å². The van der Waals surface area contributed by atoms with Crippen molar-refractivity contribution < 1.29 is 14.6 Å². The van der Waals surface area contributed by atoms with Gasteiger partial charge in [-0.25, -0.2) is 0 Å². The van der Waals surface area contributed by atoms with Crippen LogP contribution in [0.5, 0.6) is 11.5 Å². The smallest absolute Gasteiger partial charge is 0.257 e. The molecule has 0 spiro atoms. The molecule has 1 aromatic rings. The SMILES string of the molecule is COc1ccc(C(=O)N2CCCC(CN)C2)c(O)c1. The average molecular weight is 264 g/mol. The van der Waals surface area contributed by atoms with Gasteiger partial charge < -0.3 is 20.5 Å². The maximum absolute atomic E-state index is 12.4. The highest BCUT2D eigenvalue weighted by Crippen LogP contribution is 2.26. The van der Waals surface area contributed by atoms with E-state index in [-0.39, 0.29) is 11.7 Å². The zero-order valence-corrected chi connectivity index (χ0v) is 11.1. The van der Waals surface area contributed by atoms with Gasteiger partial charge in [0.2, 0.25) is 0 Å². The van der Waals surface area contributed by atoms with Crippen LogP contribution in [-0.4, -0.2) is 42.7 Å². The Morgan fingerprint density at radius 3 is 3.00 bits per heavy atom. The number of aromatic hydroxyl groups is 1. The van der Waals surface area contributed by atoms with Crippen molar-refractivity contribution in [1.29, 1.82) is 0 Å². The summed E-state index contributed by atoms with van der Waals surface area (Å²) < 4.78 is 5.01. The molecule has 0 radical (unpaired) electrons. The second-order valence-corrected chi connectivity index (χ2v) is 4.88. The Morgan fingerprint density at radius 1 is 1.58 bits per heavy atom. The molecule has 0 saturated carbocycles. The highest BCUT2D eigenvalue weighted by Gasteiger charge is 2.25. The van der Waals surface area contributed by atoms with Crippen molar-refractivity contribution in [1.82, 2.24) is 4.90 Å². The van der Waals surface area contributed by atoms with Crippen LogP contribution in [0, 0.1) is 5.92 Å². The molecule has 1 atom stereocenters. The van der Waals surface area contributed by atoms with Gasteiger partial charge in [0.1, 0.15) is 11.5 Å². The number of likely N-dealkylation sites (tertiary alicyclic amines) is 1. The average Bonchev–Trinajstić information content (AvgIpc) is 2.46. The van der Waals surface area contributed by atoms with Gasteiger partial charge in [-0.3, -0.25) is 4.79 Å². The molecule has 5 heteroatoms. The number of nitrogens with two attached hydrogens (primary N) is 1. The van der Waals surface area contributed by atoms with Gasteiger partial charge in [-0.05, 0) is 37.4 Å². The molecule has 0 aliphatic carbocycles. The predicted octanol–water partition coefficient (Wildman–Crippen LogP) is 1.21. The minimum absolute atomic E-state index is 0.0424. The first-order valence-electron chi connectivity index (χ1n) is 6.52. The molecule has 1 amide bonds. The number of phenols is 1. The van der Waals surface area contributed by atoms with E-state index in [4.69, 9.17) is 10.5 Å². The van der Waals surface area contributed by atoms with Gasteiger partial charge in [0.25, 0.3) is 5.91 Å². The number of hydrogen-bond donors (Lipinski definition) is 2. The summed E-state index contributed by atoms with van der Waals surface area (Å²) in [4.78, 5) is 14.1. The number of rotatable bonds is 3. The van der Waals surface area contributed by atoms with Crippen LogP contribution in [0.1, 0.15) is 23.2 Å². The fourth-order valence-electron chi connectivity index (χ4n) is 2.43. The molecule has 0 bridgehead atoms. The molecule has 2 rings (SSSR count). The fourth-order valence-corrected chi connectivity index (χ4v) is 2.43. The van der Waals surface area contributed by atoms with E-state index in [1.54, 1.807) is 17.0 Å². The Hall–Kier alpha value is -1.75. The first-order chi connectivity index (χ1) is 9.15.